The summed E-state index contributed by atoms with van der Waals surface area (Å²) in [4.78, 5) is 42.2. The average molecular weight is 472 g/mol. The third kappa shape index (κ3) is 6.87. The molecule has 3 fully saturated rings. The molecule has 34 heavy (non-hydrogen) atoms. The summed E-state index contributed by atoms with van der Waals surface area (Å²) in [7, 11) is 1.88. The maximum absolute atomic E-state index is 12.2. The Morgan fingerprint density at radius 1 is 1.06 bits per heavy atom. The zero-order valence-electron chi connectivity index (χ0n) is 21.0. The van der Waals surface area contributed by atoms with Crippen LogP contribution in [0.25, 0.3) is 0 Å². The number of benzene rings is 1. The third-order valence-electron chi connectivity index (χ3n) is 7.13. The standard InChI is InChI=1S/C24H35N5O3.C2H6/c1-27(22-4-5-23(31)26-24(22)32)16-20-14-21(3-2-19(20)17-30)29-12-10-28(11-13-29)15-18-6-8-25-9-7-18;1-2/h2-3,14,17-18,22,25H,4-13,15-16H2,1H3,(H,26,31,32);1-2H3. The maximum Gasteiger partial charge on any atom is 0.243 e. The first-order valence-corrected chi connectivity index (χ1v) is 12.8. The van der Waals surface area contributed by atoms with E-state index in [1.165, 1.54) is 19.4 Å². The fraction of sp³-hybridized carbons (Fsp3) is 0.654. The number of rotatable bonds is 7. The van der Waals surface area contributed by atoms with Crippen LogP contribution in [0, 0.1) is 5.92 Å². The van der Waals surface area contributed by atoms with Crippen molar-refractivity contribution in [1.29, 1.82) is 0 Å². The van der Waals surface area contributed by atoms with Crippen LogP contribution in [0.15, 0.2) is 18.2 Å². The number of carbonyl (C=O) groups excluding carboxylic acids is 3. The van der Waals surface area contributed by atoms with Gasteiger partial charge in [0.25, 0.3) is 0 Å². The van der Waals surface area contributed by atoms with E-state index >= 15 is 0 Å². The summed E-state index contributed by atoms with van der Waals surface area (Å²) < 4.78 is 0. The van der Waals surface area contributed by atoms with Crippen LogP contribution >= 0.6 is 0 Å². The van der Waals surface area contributed by atoms with Gasteiger partial charge in [0.15, 0.2) is 0 Å². The minimum absolute atomic E-state index is 0.213. The Morgan fingerprint density at radius 3 is 2.41 bits per heavy atom. The highest BCUT2D eigenvalue weighted by Crippen LogP contribution is 2.24. The van der Waals surface area contributed by atoms with Crippen LogP contribution in [0.2, 0.25) is 0 Å². The second-order valence-corrected chi connectivity index (χ2v) is 9.36. The number of anilines is 1. The molecule has 0 bridgehead atoms. The van der Waals surface area contributed by atoms with Crippen LogP contribution in [0.5, 0.6) is 0 Å². The molecule has 1 aromatic rings. The molecular weight excluding hydrogens is 430 g/mol. The van der Waals surface area contributed by atoms with Gasteiger partial charge in [-0.15, -0.1) is 0 Å². The first-order valence-electron chi connectivity index (χ1n) is 12.8. The Labute approximate surface area is 204 Å². The lowest BCUT2D eigenvalue weighted by Crippen LogP contribution is -2.51. The van der Waals surface area contributed by atoms with Crippen molar-refractivity contribution in [2.24, 2.45) is 5.92 Å². The molecule has 0 aromatic heterocycles. The van der Waals surface area contributed by atoms with Crippen molar-refractivity contribution in [2.75, 3.05) is 57.8 Å². The molecule has 0 spiro atoms. The fourth-order valence-electron chi connectivity index (χ4n) is 5.14. The molecule has 0 saturated carbocycles. The van der Waals surface area contributed by atoms with Gasteiger partial charge in [-0.3, -0.25) is 29.5 Å². The molecule has 8 nitrogen and oxygen atoms in total. The van der Waals surface area contributed by atoms with Crippen molar-refractivity contribution < 1.29 is 14.4 Å². The summed E-state index contributed by atoms with van der Waals surface area (Å²) >= 11 is 0. The summed E-state index contributed by atoms with van der Waals surface area (Å²) in [6.07, 6.45) is 4.29. The minimum atomic E-state index is -0.352. The average Bonchev–Trinajstić information content (AvgIpc) is 2.86. The molecule has 3 heterocycles. The van der Waals surface area contributed by atoms with E-state index in [-0.39, 0.29) is 17.9 Å². The monoisotopic (exact) mass is 471 g/mol. The second-order valence-electron chi connectivity index (χ2n) is 9.36. The second kappa shape index (κ2) is 13.0. The van der Waals surface area contributed by atoms with Gasteiger partial charge < -0.3 is 10.2 Å². The van der Waals surface area contributed by atoms with Crippen LogP contribution < -0.4 is 15.5 Å². The molecule has 3 aliphatic heterocycles. The number of nitrogens with one attached hydrogen (secondary N) is 2. The molecule has 4 rings (SSSR count). The van der Waals surface area contributed by atoms with Gasteiger partial charge >= 0.3 is 0 Å². The van der Waals surface area contributed by atoms with E-state index in [4.69, 9.17) is 0 Å². The normalized spacial score (nSPS) is 22.2. The summed E-state index contributed by atoms with van der Waals surface area (Å²) in [5.41, 5.74) is 2.70. The highest BCUT2D eigenvalue weighted by atomic mass is 16.2. The van der Waals surface area contributed by atoms with Crippen LogP contribution in [-0.4, -0.2) is 86.8 Å². The number of hydrogen-bond acceptors (Lipinski definition) is 7. The lowest BCUT2D eigenvalue weighted by Gasteiger charge is -2.38. The number of likely N-dealkylation sites (N-methyl/N-ethyl adjacent to an activating group) is 1. The summed E-state index contributed by atoms with van der Waals surface area (Å²) in [6, 6.07) is 5.66. The lowest BCUT2D eigenvalue weighted by atomic mass is 9.97. The molecule has 1 aromatic carbocycles. The Morgan fingerprint density at radius 2 is 1.76 bits per heavy atom. The molecule has 1 unspecified atom stereocenters. The first-order chi connectivity index (χ1) is 16.5. The molecule has 188 valence electrons. The largest absolute Gasteiger partial charge is 0.369 e. The smallest absolute Gasteiger partial charge is 0.243 e. The first kappa shape index (κ1) is 26.3. The number of piperazine rings is 1. The van der Waals surface area contributed by atoms with E-state index in [0.717, 1.165) is 62.7 Å². The van der Waals surface area contributed by atoms with Crippen LogP contribution in [0.3, 0.4) is 0 Å². The number of carbonyl (C=O) groups is 3. The number of piperidine rings is 2. The summed E-state index contributed by atoms with van der Waals surface area (Å²) in [5, 5.41) is 5.86. The predicted octanol–water partition coefficient (Wildman–Crippen LogP) is 1.88. The fourth-order valence-corrected chi connectivity index (χ4v) is 5.14. The van der Waals surface area contributed by atoms with E-state index in [1.807, 2.05) is 37.9 Å². The zero-order valence-corrected chi connectivity index (χ0v) is 21.0. The molecule has 8 heteroatoms. The molecule has 0 radical (unpaired) electrons. The zero-order chi connectivity index (χ0) is 24.5. The van der Waals surface area contributed by atoms with E-state index < -0.39 is 0 Å². The summed E-state index contributed by atoms with van der Waals surface area (Å²) in [5.74, 6) is 0.344. The molecule has 2 N–H and O–H groups in total. The number of amides is 2. The van der Waals surface area contributed by atoms with Gasteiger partial charge in [0.2, 0.25) is 11.8 Å². The van der Waals surface area contributed by atoms with Crippen LogP contribution in [0.4, 0.5) is 5.69 Å². The predicted molar refractivity (Wildman–Crippen MR) is 135 cm³/mol. The molecule has 0 aliphatic carbocycles. The van der Waals surface area contributed by atoms with Gasteiger partial charge in [0.05, 0.1) is 6.04 Å². The SMILES string of the molecule is CC.CN(Cc1cc(N2CCN(CC3CCNCC3)CC2)ccc1C=O)C1CCC(=O)NC1=O. The Balaban J connectivity index is 0.00000158. The molecule has 2 amide bonds. The number of imide groups is 1. The number of nitrogens with zero attached hydrogens (tertiary/aromatic N) is 3. The quantitative estimate of drug-likeness (QED) is 0.464. The Hall–Kier alpha value is -2.29. The topological polar surface area (TPSA) is 85.0 Å². The van der Waals surface area contributed by atoms with Crippen molar-refractivity contribution in [2.45, 2.75) is 52.1 Å². The molecule has 1 atom stereocenters. The maximum atomic E-state index is 12.2. The van der Waals surface area contributed by atoms with Crippen molar-refractivity contribution >= 4 is 23.8 Å². The van der Waals surface area contributed by atoms with Gasteiger partial charge in [-0.2, -0.15) is 0 Å². The molecular formula is C26H41N5O3. The van der Waals surface area contributed by atoms with Gasteiger partial charge in [-0.05, 0) is 69.1 Å². The van der Waals surface area contributed by atoms with E-state index in [0.29, 0.717) is 24.9 Å². The number of aldehydes is 1. The van der Waals surface area contributed by atoms with Crippen molar-refractivity contribution in [3.05, 3.63) is 29.3 Å². The highest BCUT2D eigenvalue weighted by molar-refractivity contribution is 6.00. The number of hydrogen-bond donors (Lipinski definition) is 2. The van der Waals surface area contributed by atoms with Gasteiger partial charge in [0.1, 0.15) is 6.29 Å². The molecule has 3 saturated heterocycles. The van der Waals surface area contributed by atoms with E-state index in [9.17, 15) is 14.4 Å². The van der Waals surface area contributed by atoms with Gasteiger partial charge in [-0.1, -0.05) is 13.8 Å². The van der Waals surface area contributed by atoms with Crippen LogP contribution in [0.1, 0.15) is 55.5 Å². The Kier molecular flexibility index (Phi) is 10.0. The summed E-state index contributed by atoms with van der Waals surface area (Å²) in [6.45, 7) is 12.1. The Bertz CT molecular complexity index is 832. The van der Waals surface area contributed by atoms with Crippen molar-refractivity contribution in [3.63, 3.8) is 0 Å². The third-order valence-corrected chi connectivity index (χ3v) is 7.13. The minimum Gasteiger partial charge on any atom is -0.369 e. The van der Waals surface area contributed by atoms with E-state index in [1.54, 1.807) is 0 Å². The molecule has 3 aliphatic rings. The highest BCUT2D eigenvalue weighted by Gasteiger charge is 2.30. The van der Waals surface area contributed by atoms with Crippen molar-refractivity contribution in [3.8, 4) is 0 Å². The van der Waals surface area contributed by atoms with Crippen molar-refractivity contribution in [1.82, 2.24) is 20.4 Å². The van der Waals surface area contributed by atoms with Gasteiger partial charge in [0, 0.05) is 56.9 Å². The lowest BCUT2D eigenvalue weighted by molar-refractivity contribution is -0.137. The van der Waals surface area contributed by atoms with Crippen LogP contribution in [-0.2, 0) is 16.1 Å². The van der Waals surface area contributed by atoms with E-state index in [2.05, 4.69) is 26.5 Å². The van der Waals surface area contributed by atoms with Gasteiger partial charge in [-0.25, -0.2) is 0 Å².